The fraction of sp³-hybridized carbons (Fsp3) is 0.500. The molecule has 0 saturated carbocycles. The van der Waals surface area contributed by atoms with Gasteiger partial charge in [0.2, 0.25) is 5.91 Å². The predicted octanol–water partition coefficient (Wildman–Crippen LogP) is 1.73. The van der Waals surface area contributed by atoms with Gasteiger partial charge in [0.25, 0.3) is 0 Å². The molecule has 2 N–H and O–H groups in total. The zero-order valence-corrected chi connectivity index (χ0v) is 13.0. The van der Waals surface area contributed by atoms with Crippen LogP contribution in [-0.2, 0) is 14.6 Å². The van der Waals surface area contributed by atoms with Gasteiger partial charge in [0.15, 0.2) is 9.84 Å². The number of anilines is 1. The van der Waals surface area contributed by atoms with Crippen molar-refractivity contribution in [3.05, 3.63) is 29.8 Å². The van der Waals surface area contributed by atoms with Gasteiger partial charge in [-0.2, -0.15) is 0 Å². The van der Waals surface area contributed by atoms with Crippen molar-refractivity contribution in [2.75, 3.05) is 23.9 Å². The molecule has 6 heteroatoms. The van der Waals surface area contributed by atoms with Gasteiger partial charge in [-0.3, -0.25) is 4.79 Å². The van der Waals surface area contributed by atoms with Crippen molar-refractivity contribution in [3.63, 3.8) is 0 Å². The highest BCUT2D eigenvalue weighted by molar-refractivity contribution is 7.91. The lowest BCUT2D eigenvalue weighted by Crippen LogP contribution is -2.25. The summed E-state index contributed by atoms with van der Waals surface area (Å²) in [6.45, 7) is 4.98. The third-order valence-corrected chi connectivity index (χ3v) is 3.58. The topological polar surface area (TPSA) is 75.3 Å². The molecule has 1 atom stereocenters. The molecule has 0 spiro atoms. The Hall–Kier alpha value is -1.40. The van der Waals surface area contributed by atoms with Gasteiger partial charge in [0.1, 0.15) is 5.75 Å². The Morgan fingerprint density at radius 2 is 1.95 bits per heavy atom. The van der Waals surface area contributed by atoms with Crippen LogP contribution < -0.4 is 10.6 Å². The van der Waals surface area contributed by atoms with Crippen molar-refractivity contribution in [1.29, 1.82) is 0 Å². The average Bonchev–Trinajstić information content (AvgIpc) is 2.34. The van der Waals surface area contributed by atoms with E-state index in [4.69, 9.17) is 0 Å². The molecule has 0 aromatic heterocycles. The fourth-order valence-electron chi connectivity index (χ4n) is 1.88. The first-order valence-electron chi connectivity index (χ1n) is 6.63. The second-order valence-electron chi connectivity index (χ2n) is 4.88. The molecule has 1 amide bonds. The fourth-order valence-corrected chi connectivity index (χ4v) is 2.43. The molecule has 1 aromatic rings. The number of carbonyl (C=O) groups excluding carboxylic acids is 1. The Labute approximate surface area is 120 Å². The van der Waals surface area contributed by atoms with E-state index in [1.165, 1.54) is 0 Å². The largest absolute Gasteiger partial charge is 0.325 e. The molecular weight excluding hydrogens is 276 g/mol. The summed E-state index contributed by atoms with van der Waals surface area (Å²) in [7, 11) is -3.32. The van der Waals surface area contributed by atoms with E-state index in [-0.39, 0.29) is 6.04 Å². The summed E-state index contributed by atoms with van der Waals surface area (Å²) in [5.41, 5.74) is 1.60. The minimum Gasteiger partial charge on any atom is -0.325 e. The van der Waals surface area contributed by atoms with Gasteiger partial charge in [-0.25, -0.2) is 8.42 Å². The molecule has 20 heavy (non-hydrogen) atoms. The molecule has 0 heterocycles. The zero-order chi connectivity index (χ0) is 15.2. The van der Waals surface area contributed by atoms with Crippen LogP contribution in [0, 0.1) is 0 Å². The number of carbonyl (C=O) groups is 1. The first-order valence-corrected chi connectivity index (χ1v) is 8.69. The number of sulfone groups is 1. The maximum atomic E-state index is 11.7. The number of hydrogen-bond donors (Lipinski definition) is 2. The quantitative estimate of drug-likeness (QED) is 0.804. The number of para-hydroxylation sites is 1. The molecule has 0 fully saturated rings. The maximum absolute atomic E-state index is 11.7. The molecule has 0 bridgehead atoms. The van der Waals surface area contributed by atoms with Crippen LogP contribution in [0.4, 0.5) is 5.69 Å². The third-order valence-electron chi connectivity index (χ3n) is 2.80. The smallest absolute Gasteiger partial charge is 0.239 e. The van der Waals surface area contributed by atoms with Crippen molar-refractivity contribution in [2.45, 2.75) is 26.3 Å². The molecule has 0 aliphatic heterocycles. The summed E-state index contributed by atoms with van der Waals surface area (Å²) in [4.78, 5) is 11.7. The predicted molar refractivity (Wildman–Crippen MR) is 81.5 cm³/mol. The van der Waals surface area contributed by atoms with E-state index in [1.807, 2.05) is 25.1 Å². The number of amides is 1. The molecule has 0 saturated heterocycles. The van der Waals surface area contributed by atoms with Crippen molar-refractivity contribution in [2.24, 2.45) is 0 Å². The molecule has 1 aromatic carbocycles. The van der Waals surface area contributed by atoms with Crippen LogP contribution in [0.5, 0.6) is 0 Å². The van der Waals surface area contributed by atoms with Crippen LogP contribution >= 0.6 is 0 Å². The highest BCUT2D eigenvalue weighted by Gasteiger charge is 2.14. The SMILES string of the molecule is CCCNC(C)c1ccccc1NC(=O)CS(C)(=O)=O. The summed E-state index contributed by atoms with van der Waals surface area (Å²) >= 11 is 0. The Bertz CT molecular complexity index is 555. The number of nitrogens with one attached hydrogen (secondary N) is 2. The third kappa shape index (κ3) is 5.71. The summed E-state index contributed by atoms with van der Waals surface area (Å²) in [5.74, 6) is -1.01. The van der Waals surface area contributed by atoms with E-state index in [0.29, 0.717) is 5.69 Å². The standard InChI is InChI=1S/C14H22N2O3S/c1-4-9-15-11(2)12-7-5-6-8-13(12)16-14(17)10-20(3,18)19/h5-8,11,15H,4,9-10H2,1-3H3,(H,16,17). The molecule has 0 radical (unpaired) electrons. The minimum absolute atomic E-state index is 0.0877. The molecule has 1 rings (SSSR count). The van der Waals surface area contributed by atoms with E-state index < -0.39 is 21.5 Å². The van der Waals surface area contributed by atoms with E-state index in [0.717, 1.165) is 24.8 Å². The Morgan fingerprint density at radius 3 is 2.55 bits per heavy atom. The minimum atomic E-state index is -3.32. The van der Waals surface area contributed by atoms with Crippen LogP contribution in [0.2, 0.25) is 0 Å². The second kappa shape index (κ2) is 7.40. The second-order valence-corrected chi connectivity index (χ2v) is 7.02. The Balaban J connectivity index is 2.82. The van der Waals surface area contributed by atoms with Crippen molar-refractivity contribution in [1.82, 2.24) is 5.32 Å². The summed E-state index contributed by atoms with van der Waals surface area (Å²) in [5, 5.41) is 6.01. The molecule has 5 nitrogen and oxygen atoms in total. The van der Waals surface area contributed by atoms with Gasteiger partial charge in [-0.1, -0.05) is 25.1 Å². The van der Waals surface area contributed by atoms with Gasteiger partial charge in [-0.15, -0.1) is 0 Å². The summed E-state index contributed by atoms with van der Waals surface area (Å²) in [6, 6.07) is 7.49. The van der Waals surface area contributed by atoms with Crippen molar-refractivity contribution < 1.29 is 13.2 Å². The van der Waals surface area contributed by atoms with E-state index in [1.54, 1.807) is 6.07 Å². The molecule has 0 aliphatic carbocycles. The molecule has 0 aliphatic rings. The monoisotopic (exact) mass is 298 g/mol. The first-order chi connectivity index (χ1) is 9.33. The van der Waals surface area contributed by atoms with Crippen LogP contribution in [-0.4, -0.2) is 32.9 Å². The van der Waals surface area contributed by atoms with Gasteiger partial charge in [0, 0.05) is 18.0 Å². The highest BCUT2D eigenvalue weighted by atomic mass is 32.2. The lowest BCUT2D eigenvalue weighted by atomic mass is 10.1. The van der Waals surface area contributed by atoms with Crippen molar-refractivity contribution in [3.8, 4) is 0 Å². The first kappa shape index (κ1) is 16.7. The normalized spacial score (nSPS) is 12.9. The van der Waals surface area contributed by atoms with Gasteiger partial charge < -0.3 is 10.6 Å². The van der Waals surface area contributed by atoms with Crippen LogP contribution in [0.3, 0.4) is 0 Å². The van der Waals surface area contributed by atoms with E-state index in [2.05, 4.69) is 17.6 Å². The van der Waals surface area contributed by atoms with Gasteiger partial charge in [0.05, 0.1) is 0 Å². The van der Waals surface area contributed by atoms with Gasteiger partial charge in [-0.05, 0) is 31.5 Å². The summed E-state index contributed by atoms with van der Waals surface area (Å²) in [6.07, 6.45) is 2.07. The Kier molecular flexibility index (Phi) is 6.16. The van der Waals surface area contributed by atoms with E-state index in [9.17, 15) is 13.2 Å². The number of rotatable bonds is 7. The number of benzene rings is 1. The van der Waals surface area contributed by atoms with Crippen LogP contribution in [0.15, 0.2) is 24.3 Å². The maximum Gasteiger partial charge on any atom is 0.239 e. The molecular formula is C14H22N2O3S. The van der Waals surface area contributed by atoms with Crippen LogP contribution in [0.25, 0.3) is 0 Å². The highest BCUT2D eigenvalue weighted by Crippen LogP contribution is 2.22. The summed E-state index contributed by atoms with van der Waals surface area (Å²) < 4.78 is 22.2. The molecule has 1 unspecified atom stereocenters. The Morgan fingerprint density at radius 1 is 1.30 bits per heavy atom. The van der Waals surface area contributed by atoms with E-state index >= 15 is 0 Å². The van der Waals surface area contributed by atoms with Gasteiger partial charge >= 0.3 is 0 Å². The van der Waals surface area contributed by atoms with Crippen molar-refractivity contribution >= 4 is 21.4 Å². The average molecular weight is 298 g/mol. The lowest BCUT2D eigenvalue weighted by Gasteiger charge is -2.18. The van der Waals surface area contributed by atoms with Crippen LogP contribution in [0.1, 0.15) is 31.9 Å². The molecule has 112 valence electrons. The number of hydrogen-bond acceptors (Lipinski definition) is 4. The zero-order valence-electron chi connectivity index (χ0n) is 12.1. The lowest BCUT2D eigenvalue weighted by molar-refractivity contribution is -0.113.